The first kappa shape index (κ1) is 14.6. The van der Waals surface area contributed by atoms with E-state index < -0.39 is 0 Å². The lowest BCUT2D eigenvalue weighted by atomic mass is 10.1. The molecule has 7 heteroatoms. The normalized spacial score (nSPS) is 17.4. The van der Waals surface area contributed by atoms with Gasteiger partial charge in [0.1, 0.15) is 0 Å². The Balaban J connectivity index is 1.55. The van der Waals surface area contributed by atoms with Gasteiger partial charge in [-0.2, -0.15) is 10.1 Å². The smallest absolute Gasteiger partial charge is 0.257 e. The largest absolute Gasteiger partial charge is 0.343 e. The van der Waals surface area contributed by atoms with E-state index in [4.69, 9.17) is 4.52 Å². The predicted octanol–water partition coefficient (Wildman–Crippen LogP) is 2.19. The van der Waals surface area contributed by atoms with Crippen molar-refractivity contribution >= 4 is 5.91 Å². The molecule has 3 heterocycles. The highest BCUT2D eigenvalue weighted by Gasteiger charge is 2.31. The van der Waals surface area contributed by atoms with E-state index in [0.29, 0.717) is 24.5 Å². The fourth-order valence-electron chi connectivity index (χ4n) is 3.13. The maximum Gasteiger partial charge on any atom is 0.257 e. The first-order chi connectivity index (χ1) is 11.7. The number of carbonyl (C=O) groups is 1. The molecule has 2 aromatic heterocycles. The molecule has 1 aliphatic rings. The molecule has 24 heavy (non-hydrogen) atoms. The molecule has 0 spiro atoms. The van der Waals surface area contributed by atoms with Gasteiger partial charge in [0.25, 0.3) is 5.91 Å². The van der Waals surface area contributed by atoms with Crippen LogP contribution in [0.3, 0.4) is 0 Å². The third-order valence-electron chi connectivity index (χ3n) is 4.46. The summed E-state index contributed by atoms with van der Waals surface area (Å²) in [6, 6.07) is 9.80. The second-order valence-electron chi connectivity index (χ2n) is 5.92. The maximum absolute atomic E-state index is 12.8. The molecule has 1 aliphatic heterocycles. The van der Waals surface area contributed by atoms with Gasteiger partial charge in [0.15, 0.2) is 5.82 Å². The van der Waals surface area contributed by atoms with Crippen molar-refractivity contribution in [3.05, 3.63) is 60.0 Å². The number of aromatic nitrogens is 4. The minimum Gasteiger partial charge on any atom is -0.343 e. The lowest BCUT2D eigenvalue weighted by molar-refractivity contribution is 0.0789. The Labute approximate surface area is 138 Å². The Morgan fingerprint density at radius 3 is 2.88 bits per heavy atom. The zero-order valence-corrected chi connectivity index (χ0v) is 13.3. The molecule has 7 nitrogen and oxygen atoms in total. The van der Waals surface area contributed by atoms with Crippen LogP contribution in [0.15, 0.2) is 47.4 Å². The maximum atomic E-state index is 12.8. The van der Waals surface area contributed by atoms with Gasteiger partial charge in [-0.25, -0.2) is 4.68 Å². The van der Waals surface area contributed by atoms with Crippen LogP contribution in [0.5, 0.6) is 0 Å². The van der Waals surface area contributed by atoms with Gasteiger partial charge in [-0.1, -0.05) is 23.4 Å². The van der Waals surface area contributed by atoms with E-state index in [9.17, 15) is 4.79 Å². The van der Waals surface area contributed by atoms with Crippen molar-refractivity contribution in [3.8, 4) is 5.69 Å². The van der Waals surface area contributed by atoms with Crippen LogP contribution in [-0.4, -0.2) is 43.8 Å². The summed E-state index contributed by atoms with van der Waals surface area (Å²) in [4.78, 5) is 18.8. The summed E-state index contributed by atoms with van der Waals surface area (Å²) in [5, 5.41) is 8.26. The van der Waals surface area contributed by atoms with Gasteiger partial charge in [-0.05, 0) is 25.5 Å². The number of hydrogen-bond donors (Lipinski definition) is 0. The number of likely N-dealkylation sites (tertiary alicyclic amines) is 1. The number of amides is 1. The van der Waals surface area contributed by atoms with Gasteiger partial charge in [-0.3, -0.25) is 4.79 Å². The molecule has 122 valence electrons. The Morgan fingerprint density at radius 2 is 2.12 bits per heavy atom. The summed E-state index contributed by atoms with van der Waals surface area (Å²) >= 11 is 0. The van der Waals surface area contributed by atoms with E-state index in [1.165, 1.54) is 6.39 Å². The van der Waals surface area contributed by atoms with Gasteiger partial charge < -0.3 is 9.42 Å². The summed E-state index contributed by atoms with van der Waals surface area (Å²) in [7, 11) is 0. The van der Waals surface area contributed by atoms with Crippen molar-refractivity contribution in [2.24, 2.45) is 0 Å². The summed E-state index contributed by atoms with van der Waals surface area (Å²) < 4.78 is 6.59. The second kappa shape index (κ2) is 5.92. The average molecular weight is 323 g/mol. The zero-order chi connectivity index (χ0) is 16.5. The lowest BCUT2D eigenvalue weighted by Gasteiger charge is -2.15. The molecule has 1 aromatic carbocycles. The molecular weight excluding hydrogens is 306 g/mol. The highest BCUT2D eigenvalue weighted by atomic mass is 16.5. The number of hydrogen-bond acceptors (Lipinski definition) is 5. The molecule has 1 fully saturated rings. The van der Waals surface area contributed by atoms with Gasteiger partial charge in [0, 0.05) is 19.0 Å². The number of para-hydroxylation sites is 1. The van der Waals surface area contributed by atoms with Crippen LogP contribution in [-0.2, 0) is 0 Å². The van der Waals surface area contributed by atoms with Crippen molar-refractivity contribution in [2.75, 3.05) is 13.1 Å². The van der Waals surface area contributed by atoms with Crippen LogP contribution in [0.4, 0.5) is 0 Å². The van der Waals surface area contributed by atoms with Crippen LogP contribution < -0.4 is 0 Å². The summed E-state index contributed by atoms with van der Waals surface area (Å²) in [6.45, 7) is 3.21. The molecule has 0 N–H and O–H groups in total. The molecule has 4 rings (SSSR count). The minimum atomic E-state index is 0.000626. The lowest BCUT2D eigenvalue weighted by Crippen LogP contribution is -2.29. The monoisotopic (exact) mass is 323 g/mol. The molecule has 1 atom stereocenters. The Hall–Kier alpha value is -2.96. The van der Waals surface area contributed by atoms with Gasteiger partial charge in [-0.15, -0.1) is 0 Å². The van der Waals surface area contributed by atoms with Crippen LogP contribution in [0.1, 0.15) is 34.2 Å². The Morgan fingerprint density at radius 1 is 1.29 bits per heavy atom. The Bertz CT molecular complexity index is 841. The molecule has 1 saturated heterocycles. The second-order valence-corrected chi connectivity index (χ2v) is 5.92. The minimum absolute atomic E-state index is 0.000626. The molecule has 0 saturated carbocycles. The van der Waals surface area contributed by atoms with Gasteiger partial charge in [0.2, 0.25) is 6.39 Å². The van der Waals surface area contributed by atoms with E-state index in [1.54, 1.807) is 10.9 Å². The SMILES string of the molecule is Cc1c(C(=O)N2CCC(c3ncon3)C2)cnn1-c1ccccc1. The first-order valence-corrected chi connectivity index (χ1v) is 7.89. The topological polar surface area (TPSA) is 77.1 Å². The Kier molecular flexibility index (Phi) is 3.60. The van der Waals surface area contributed by atoms with Crippen LogP contribution in [0.2, 0.25) is 0 Å². The van der Waals surface area contributed by atoms with E-state index in [-0.39, 0.29) is 11.8 Å². The third-order valence-corrected chi connectivity index (χ3v) is 4.46. The zero-order valence-electron chi connectivity index (χ0n) is 13.3. The van der Waals surface area contributed by atoms with Crippen molar-refractivity contribution in [1.82, 2.24) is 24.8 Å². The standard InChI is InChI=1S/C17H17N5O2/c1-12-15(9-19-22(12)14-5-3-2-4-6-14)17(23)21-8-7-13(10-21)16-18-11-24-20-16/h2-6,9,11,13H,7-8,10H2,1H3. The quantitative estimate of drug-likeness (QED) is 0.738. The van der Waals surface area contributed by atoms with Crippen molar-refractivity contribution in [3.63, 3.8) is 0 Å². The fraction of sp³-hybridized carbons (Fsp3) is 0.294. The average Bonchev–Trinajstić information content (AvgIpc) is 3.35. The highest BCUT2D eigenvalue weighted by molar-refractivity contribution is 5.95. The molecular formula is C17H17N5O2. The van der Waals surface area contributed by atoms with Gasteiger partial charge >= 0.3 is 0 Å². The molecule has 3 aromatic rings. The number of benzene rings is 1. The summed E-state index contributed by atoms with van der Waals surface area (Å²) in [6.07, 6.45) is 3.82. The number of carbonyl (C=O) groups excluding carboxylic acids is 1. The van der Waals surface area contributed by atoms with Crippen LogP contribution in [0.25, 0.3) is 5.69 Å². The fourth-order valence-corrected chi connectivity index (χ4v) is 3.13. The van der Waals surface area contributed by atoms with E-state index >= 15 is 0 Å². The van der Waals surface area contributed by atoms with Crippen molar-refractivity contribution < 1.29 is 9.32 Å². The molecule has 0 bridgehead atoms. The van der Waals surface area contributed by atoms with Gasteiger partial charge in [0.05, 0.1) is 23.1 Å². The van der Waals surface area contributed by atoms with Crippen molar-refractivity contribution in [2.45, 2.75) is 19.3 Å². The molecule has 0 radical (unpaired) electrons. The third kappa shape index (κ3) is 2.47. The highest BCUT2D eigenvalue weighted by Crippen LogP contribution is 2.26. The molecule has 0 aliphatic carbocycles. The first-order valence-electron chi connectivity index (χ1n) is 7.89. The van der Waals surface area contributed by atoms with Crippen molar-refractivity contribution in [1.29, 1.82) is 0 Å². The van der Waals surface area contributed by atoms with E-state index in [2.05, 4.69) is 15.2 Å². The summed E-state index contributed by atoms with van der Waals surface area (Å²) in [5.74, 6) is 0.805. The van der Waals surface area contributed by atoms with Crippen LogP contribution in [0, 0.1) is 6.92 Å². The molecule has 1 amide bonds. The van der Waals surface area contributed by atoms with E-state index in [1.807, 2.05) is 42.2 Å². The van der Waals surface area contributed by atoms with E-state index in [0.717, 1.165) is 17.8 Å². The number of rotatable bonds is 3. The molecule has 1 unspecified atom stereocenters. The number of nitrogens with zero attached hydrogens (tertiary/aromatic N) is 5. The van der Waals surface area contributed by atoms with Crippen LogP contribution >= 0.6 is 0 Å². The summed E-state index contributed by atoms with van der Waals surface area (Å²) in [5.41, 5.74) is 2.42. The predicted molar refractivity (Wildman–Crippen MR) is 85.9 cm³/mol.